The minimum Gasteiger partial charge on any atom is -0.0622 e. The Morgan fingerprint density at radius 2 is 1.60 bits per heavy atom. The van der Waals surface area contributed by atoms with Crippen LogP contribution in [-0.2, 0) is 6.42 Å². The Labute approximate surface area is 121 Å². The van der Waals surface area contributed by atoms with E-state index >= 15 is 0 Å². The molecule has 0 N–H and O–H groups in total. The van der Waals surface area contributed by atoms with Gasteiger partial charge in [-0.15, -0.1) is 0 Å². The van der Waals surface area contributed by atoms with E-state index in [1.165, 1.54) is 27.8 Å². The van der Waals surface area contributed by atoms with Crippen LogP contribution in [0.5, 0.6) is 0 Å². The first kappa shape index (κ1) is 12.9. The molecule has 0 heteroatoms. The predicted molar refractivity (Wildman–Crippen MR) is 86.4 cm³/mol. The molecule has 0 fully saturated rings. The van der Waals surface area contributed by atoms with Gasteiger partial charge in [-0.25, -0.2) is 0 Å². The number of hydrogen-bond donors (Lipinski definition) is 0. The van der Waals surface area contributed by atoms with Crippen molar-refractivity contribution in [1.29, 1.82) is 0 Å². The van der Waals surface area contributed by atoms with Crippen molar-refractivity contribution >= 4 is 0 Å². The molecule has 0 radical (unpaired) electrons. The quantitative estimate of drug-likeness (QED) is 0.583. The van der Waals surface area contributed by atoms with E-state index in [0.717, 1.165) is 6.42 Å². The van der Waals surface area contributed by atoms with Crippen molar-refractivity contribution in [3.8, 4) is 11.1 Å². The second-order valence-electron chi connectivity index (χ2n) is 5.71. The van der Waals surface area contributed by atoms with Crippen LogP contribution in [0, 0.1) is 0 Å². The van der Waals surface area contributed by atoms with E-state index in [2.05, 4.69) is 80.6 Å². The summed E-state index contributed by atoms with van der Waals surface area (Å²) in [5, 5.41) is 0. The summed E-state index contributed by atoms with van der Waals surface area (Å²) in [6, 6.07) is 24.2. The number of hydrogen-bond acceptors (Lipinski definition) is 0. The molecule has 0 saturated heterocycles. The molecule has 0 unspecified atom stereocenters. The molecule has 2 aliphatic rings. The van der Waals surface area contributed by atoms with Gasteiger partial charge in [0, 0.05) is 0 Å². The number of rotatable bonds is 3. The largest absolute Gasteiger partial charge is 0.0622 e. The molecule has 100 valence electrons. The normalized spacial score (nSPS) is 11.2. The molecule has 20 heavy (non-hydrogen) atoms. The van der Waals surface area contributed by atoms with Gasteiger partial charge in [0.2, 0.25) is 0 Å². The predicted octanol–water partition coefficient (Wildman–Crippen LogP) is 5.51. The van der Waals surface area contributed by atoms with E-state index in [9.17, 15) is 0 Å². The van der Waals surface area contributed by atoms with Crippen LogP contribution in [0.4, 0.5) is 0 Å². The third kappa shape index (κ3) is 2.60. The molecule has 0 amide bonds. The average molecular weight is 260 g/mol. The zero-order valence-electron chi connectivity index (χ0n) is 12.1. The van der Waals surface area contributed by atoms with E-state index in [-0.39, 0.29) is 0 Å². The lowest BCUT2D eigenvalue weighted by molar-refractivity contribution is 0.869. The maximum absolute atomic E-state index is 2.33. The summed E-state index contributed by atoms with van der Waals surface area (Å²) in [5.74, 6) is 0.568. The Morgan fingerprint density at radius 1 is 0.800 bits per heavy atom. The Hall–Kier alpha value is -2.08. The fraction of sp³-hybridized carbons (Fsp3) is 0.200. The average Bonchev–Trinajstić information content (AvgIpc) is 2.70. The Kier molecular flexibility index (Phi) is 3.56. The van der Waals surface area contributed by atoms with Crippen LogP contribution < -0.4 is 0 Å². The van der Waals surface area contributed by atoms with E-state index in [1.54, 1.807) is 0 Å². The summed E-state index contributed by atoms with van der Waals surface area (Å²) in [5.41, 5.74) is 6.91. The van der Waals surface area contributed by atoms with Gasteiger partial charge in [-0.1, -0.05) is 80.6 Å². The molecule has 1 aromatic carbocycles. The minimum absolute atomic E-state index is 0.568. The zero-order valence-corrected chi connectivity index (χ0v) is 12.1. The molecule has 2 aliphatic carbocycles. The zero-order chi connectivity index (χ0) is 13.9. The van der Waals surface area contributed by atoms with Crippen LogP contribution in [0.15, 0.2) is 66.7 Å². The van der Waals surface area contributed by atoms with Crippen LogP contribution >= 0.6 is 0 Å². The standard InChI is InChI=1S/C20H20/c1-15(2)17-9-6-10-20-18(11-12-19(20)14-17)13-16-7-4-3-5-8-16/h3-12,14-15H,13H2,1-2H3. The first-order chi connectivity index (χ1) is 9.74. The molecule has 0 aromatic heterocycles. The molecule has 0 spiro atoms. The molecule has 0 bridgehead atoms. The summed E-state index contributed by atoms with van der Waals surface area (Å²) < 4.78 is 0. The summed E-state index contributed by atoms with van der Waals surface area (Å²) in [7, 11) is 0. The van der Waals surface area contributed by atoms with Crippen LogP contribution in [0.2, 0.25) is 0 Å². The fourth-order valence-corrected chi connectivity index (χ4v) is 2.70. The van der Waals surface area contributed by atoms with Gasteiger partial charge < -0.3 is 0 Å². The van der Waals surface area contributed by atoms with E-state index in [1.807, 2.05) is 0 Å². The molecule has 3 rings (SSSR count). The van der Waals surface area contributed by atoms with Gasteiger partial charge in [-0.3, -0.25) is 0 Å². The van der Waals surface area contributed by atoms with Crippen molar-refractivity contribution in [2.75, 3.05) is 0 Å². The first-order valence-electron chi connectivity index (χ1n) is 7.29. The highest BCUT2D eigenvalue weighted by molar-refractivity contribution is 5.71. The topological polar surface area (TPSA) is 0 Å². The van der Waals surface area contributed by atoms with Gasteiger partial charge >= 0.3 is 0 Å². The Morgan fingerprint density at radius 3 is 2.35 bits per heavy atom. The van der Waals surface area contributed by atoms with Gasteiger partial charge in [0.25, 0.3) is 0 Å². The molecular weight excluding hydrogens is 240 g/mol. The maximum atomic E-state index is 2.33. The summed E-state index contributed by atoms with van der Waals surface area (Å²) in [6.45, 7) is 4.49. The van der Waals surface area contributed by atoms with Crippen LogP contribution in [0.1, 0.15) is 36.5 Å². The Balaban J connectivity index is 1.97. The van der Waals surface area contributed by atoms with Crippen molar-refractivity contribution in [2.45, 2.75) is 26.2 Å². The molecule has 1 aromatic rings. The first-order valence-corrected chi connectivity index (χ1v) is 7.29. The van der Waals surface area contributed by atoms with Crippen molar-refractivity contribution in [3.05, 3.63) is 83.4 Å². The number of fused-ring (bicyclic) bond motifs is 1. The smallest absolute Gasteiger partial charge is 0.00196 e. The maximum Gasteiger partial charge on any atom is -0.00196 e. The van der Waals surface area contributed by atoms with Crippen molar-refractivity contribution in [1.82, 2.24) is 0 Å². The second-order valence-corrected chi connectivity index (χ2v) is 5.71. The molecule has 0 saturated carbocycles. The van der Waals surface area contributed by atoms with Crippen LogP contribution in [0.25, 0.3) is 11.1 Å². The number of benzene rings is 1. The van der Waals surface area contributed by atoms with Crippen molar-refractivity contribution < 1.29 is 0 Å². The monoisotopic (exact) mass is 260 g/mol. The highest BCUT2D eigenvalue weighted by atomic mass is 14.1. The van der Waals surface area contributed by atoms with E-state index < -0.39 is 0 Å². The molecule has 0 atom stereocenters. The van der Waals surface area contributed by atoms with E-state index in [0.29, 0.717) is 5.92 Å². The molecule has 0 heterocycles. The fourth-order valence-electron chi connectivity index (χ4n) is 2.70. The third-order valence-electron chi connectivity index (χ3n) is 3.90. The summed E-state index contributed by atoms with van der Waals surface area (Å²) in [6.07, 6.45) is 1.01. The molecule has 0 nitrogen and oxygen atoms in total. The van der Waals surface area contributed by atoms with Gasteiger partial charge in [0.1, 0.15) is 0 Å². The molecule has 0 aliphatic heterocycles. The van der Waals surface area contributed by atoms with Crippen LogP contribution in [0.3, 0.4) is 0 Å². The lowest BCUT2D eigenvalue weighted by atomic mass is 10.0. The van der Waals surface area contributed by atoms with Crippen LogP contribution in [-0.4, -0.2) is 0 Å². The summed E-state index contributed by atoms with van der Waals surface area (Å²) >= 11 is 0. The van der Waals surface area contributed by atoms with E-state index in [4.69, 9.17) is 0 Å². The third-order valence-corrected chi connectivity index (χ3v) is 3.90. The van der Waals surface area contributed by atoms with Gasteiger partial charge in [-0.2, -0.15) is 0 Å². The van der Waals surface area contributed by atoms with Gasteiger partial charge in [0.05, 0.1) is 0 Å². The van der Waals surface area contributed by atoms with Crippen molar-refractivity contribution in [3.63, 3.8) is 0 Å². The Bertz CT molecular complexity index is 665. The lowest BCUT2D eigenvalue weighted by Crippen LogP contribution is -1.86. The minimum atomic E-state index is 0.568. The van der Waals surface area contributed by atoms with Gasteiger partial charge in [-0.05, 0) is 40.2 Å². The van der Waals surface area contributed by atoms with Gasteiger partial charge in [0.15, 0.2) is 0 Å². The summed E-state index contributed by atoms with van der Waals surface area (Å²) in [4.78, 5) is 0. The molecular formula is C20H20. The highest BCUT2D eigenvalue weighted by Crippen LogP contribution is 2.31. The highest BCUT2D eigenvalue weighted by Gasteiger charge is 2.10. The second kappa shape index (κ2) is 5.50. The van der Waals surface area contributed by atoms with Crippen molar-refractivity contribution in [2.24, 2.45) is 0 Å². The SMILES string of the molecule is CC(C)c1cccc2c(Cc3ccccc3)ccc-2c1. The lowest BCUT2D eigenvalue weighted by Gasteiger charge is -2.04.